The van der Waals surface area contributed by atoms with Crippen LogP contribution in [0.5, 0.6) is 23.0 Å². The monoisotopic (exact) mass is 472 g/mol. The first kappa shape index (κ1) is 25.2. The Morgan fingerprint density at radius 3 is 2.23 bits per heavy atom. The van der Waals surface area contributed by atoms with Crippen LogP contribution in [-0.2, 0) is 17.8 Å². The van der Waals surface area contributed by atoms with Crippen molar-refractivity contribution in [2.45, 2.75) is 13.0 Å². The van der Waals surface area contributed by atoms with E-state index in [4.69, 9.17) is 18.9 Å². The summed E-state index contributed by atoms with van der Waals surface area (Å²) in [6.07, 6.45) is 2.10. The summed E-state index contributed by atoms with van der Waals surface area (Å²) in [6.45, 7) is 0.765. The highest BCUT2D eigenvalue weighted by Crippen LogP contribution is 2.30. The minimum absolute atomic E-state index is 0.00248. The minimum atomic E-state index is -0.448. The summed E-state index contributed by atoms with van der Waals surface area (Å²) in [7, 11) is 4.70. The van der Waals surface area contributed by atoms with Crippen molar-refractivity contribution in [1.29, 1.82) is 5.26 Å². The van der Waals surface area contributed by atoms with Crippen molar-refractivity contribution in [1.82, 2.24) is 5.32 Å². The van der Waals surface area contributed by atoms with E-state index >= 15 is 0 Å². The molecular formula is C28H28N2O5. The van der Waals surface area contributed by atoms with Crippen LogP contribution in [-0.4, -0.2) is 33.8 Å². The van der Waals surface area contributed by atoms with Gasteiger partial charge in [0.2, 0.25) is 0 Å². The molecule has 0 fully saturated rings. The lowest BCUT2D eigenvalue weighted by Crippen LogP contribution is -2.26. The van der Waals surface area contributed by atoms with Gasteiger partial charge in [0.05, 0.1) is 21.3 Å². The number of amides is 1. The van der Waals surface area contributed by atoms with Gasteiger partial charge < -0.3 is 24.3 Å². The van der Waals surface area contributed by atoms with E-state index in [1.807, 2.05) is 54.6 Å². The average Bonchev–Trinajstić information content (AvgIpc) is 2.91. The molecular weight excluding hydrogens is 444 g/mol. The van der Waals surface area contributed by atoms with Gasteiger partial charge in [0, 0.05) is 6.54 Å². The molecule has 0 saturated heterocycles. The predicted molar refractivity (Wildman–Crippen MR) is 134 cm³/mol. The second-order valence-electron chi connectivity index (χ2n) is 7.55. The maximum Gasteiger partial charge on any atom is 0.261 e. The molecule has 0 aliphatic carbocycles. The number of ether oxygens (including phenoxy) is 4. The Hall–Kier alpha value is -4.44. The lowest BCUT2D eigenvalue weighted by molar-refractivity contribution is -0.117. The quantitative estimate of drug-likeness (QED) is 0.325. The number of rotatable bonds is 11. The standard InChI is InChI=1S/C28H28N2O5/c1-32-24-11-9-20(16-26(24)33-2)13-14-30-28(31)23(18-29)15-22-10-12-25(27(17-22)34-3)35-19-21-7-5-4-6-8-21/h4-12,15-17H,13-14,19H2,1-3H3,(H,30,31)/b23-15+. The number of methoxy groups -OCH3 is 3. The van der Waals surface area contributed by atoms with E-state index in [-0.39, 0.29) is 5.57 Å². The first-order valence-electron chi connectivity index (χ1n) is 11.0. The van der Waals surface area contributed by atoms with E-state index in [0.717, 1.165) is 11.1 Å². The van der Waals surface area contributed by atoms with Gasteiger partial charge in [-0.15, -0.1) is 0 Å². The van der Waals surface area contributed by atoms with E-state index in [1.54, 1.807) is 39.5 Å². The van der Waals surface area contributed by atoms with Crippen LogP contribution >= 0.6 is 0 Å². The Labute approximate surface area is 205 Å². The van der Waals surface area contributed by atoms with Crippen LogP contribution in [0.3, 0.4) is 0 Å². The molecule has 3 rings (SSSR count). The molecule has 180 valence electrons. The summed E-state index contributed by atoms with van der Waals surface area (Å²) in [5.74, 6) is 1.91. The zero-order valence-electron chi connectivity index (χ0n) is 20.0. The largest absolute Gasteiger partial charge is 0.493 e. The minimum Gasteiger partial charge on any atom is -0.493 e. The molecule has 0 saturated carbocycles. The molecule has 0 radical (unpaired) electrons. The predicted octanol–water partition coefficient (Wildman–Crippen LogP) is 4.56. The molecule has 0 aromatic heterocycles. The first-order valence-corrected chi connectivity index (χ1v) is 11.0. The summed E-state index contributed by atoms with van der Waals surface area (Å²) in [6, 6.07) is 22.6. The van der Waals surface area contributed by atoms with Crippen LogP contribution in [0.15, 0.2) is 72.3 Å². The van der Waals surface area contributed by atoms with Gasteiger partial charge in [-0.3, -0.25) is 4.79 Å². The summed E-state index contributed by atoms with van der Waals surface area (Å²) in [5, 5.41) is 12.3. The second kappa shape index (κ2) is 12.7. The number of hydrogen-bond acceptors (Lipinski definition) is 6. The number of nitriles is 1. The molecule has 3 aromatic carbocycles. The molecule has 0 spiro atoms. The maximum atomic E-state index is 12.6. The zero-order chi connectivity index (χ0) is 25.0. The van der Waals surface area contributed by atoms with Crippen molar-refractivity contribution in [2.75, 3.05) is 27.9 Å². The van der Waals surface area contributed by atoms with Gasteiger partial charge in [0.25, 0.3) is 5.91 Å². The van der Waals surface area contributed by atoms with Crippen LogP contribution in [0, 0.1) is 11.3 Å². The molecule has 7 heteroatoms. The van der Waals surface area contributed by atoms with Crippen molar-refractivity contribution in [3.8, 4) is 29.1 Å². The van der Waals surface area contributed by atoms with Crippen LogP contribution < -0.4 is 24.3 Å². The zero-order valence-corrected chi connectivity index (χ0v) is 20.0. The van der Waals surface area contributed by atoms with Gasteiger partial charge in [0.15, 0.2) is 23.0 Å². The van der Waals surface area contributed by atoms with Crippen molar-refractivity contribution >= 4 is 12.0 Å². The van der Waals surface area contributed by atoms with Crippen LogP contribution in [0.1, 0.15) is 16.7 Å². The summed E-state index contributed by atoms with van der Waals surface area (Å²) in [4.78, 5) is 12.6. The fourth-order valence-electron chi connectivity index (χ4n) is 3.40. The number of nitrogens with one attached hydrogen (secondary N) is 1. The van der Waals surface area contributed by atoms with Crippen molar-refractivity contribution < 1.29 is 23.7 Å². The molecule has 0 unspecified atom stereocenters. The Morgan fingerprint density at radius 1 is 0.857 bits per heavy atom. The Balaban J connectivity index is 1.62. The molecule has 3 aromatic rings. The van der Waals surface area contributed by atoms with Gasteiger partial charge in [-0.25, -0.2) is 0 Å². The third kappa shape index (κ3) is 7.02. The number of carbonyl (C=O) groups is 1. The van der Waals surface area contributed by atoms with Crippen molar-refractivity contribution in [2.24, 2.45) is 0 Å². The Kier molecular flexibility index (Phi) is 9.14. The van der Waals surface area contributed by atoms with Gasteiger partial charge in [-0.05, 0) is 53.5 Å². The number of carbonyl (C=O) groups excluding carboxylic acids is 1. The highest BCUT2D eigenvalue weighted by molar-refractivity contribution is 6.01. The molecule has 0 aliphatic rings. The summed E-state index contributed by atoms with van der Waals surface area (Å²) >= 11 is 0. The van der Waals surface area contributed by atoms with Crippen LogP contribution in [0.4, 0.5) is 0 Å². The first-order chi connectivity index (χ1) is 17.1. The molecule has 0 aliphatic heterocycles. The molecule has 7 nitrogen and oxygen atoms in total. The Morgan fingerprint density at radius 2 is 1.54 bits per heavy atom. The molecule has 1 N–H and O–H groups in total. The van der Waals surface area contributed by atoms with Crippen LogP contribution in [0.2, 0.25) is 0 Å². The Bertz CT molecular complexity index is 1220. The van der Waals surface area contributed by atoms with Gasteiger partial charge in [0.1, 0.15) is 18.2 Å². The second-order valence-corrected chi connectivity index (χ2v) is 7.55. The van der Waals surface area contributed by atoms with E-state index in [1.165, 1.54) is 6.08 Å². The SMILES string of the molecule is COc1ccc(CCNC(=O)/C(C#N)=C/c2ccc(OCc3ccccc3)c(OC)c2)cc1OC. The normalized spacial score (nSPS) is 10.7. The third-order valence-electron chi connectivity index (χ3n) is 5.25. The molecule has 0 bridgehead atoms. The van der Waals surface area contributed by atoms with Gasteiger partial charge >= 0.3 is 0 Å². The number of hydrogen-bond donors (Lipinski definition) is 1. The topological polar surface area (TPSA) is 89.8 Å². The van der Waals surface area contributed by atoms with E-state index in [9.17, 15) is 10.1 Å². The maximum absolute atomic E-state index is 12.6. The summed E-state index contributed by atoms with van der Waals surface area (Å²) < 4.78 is 21.9. The fraction of sp³-hybridized carbons (Fsp3) is 0.214. The van der Waals surface area contributed by atoms with Crippen LogP contribution in [0.25, 0.3) is 6.08 Å². The summed E-state index contributed by atoms with van der Waals surface area (Å²) in [5.41, 5.74) is 2.66. The van der Waals surface area contributed by atoms with E-state index < -0.39 is 5.91 Å². The third-order valence-corrected chi connectivity index (χ3v) is 5.25. The molecule has 0 heterocycles. The van der Waals surface area contributed by atoms with Crippen molar-refractivity contribution in [3.63, 3.8) is 0 Å². The smallest absolute Gasteiger partial charge is 0.261 e. The lowest BCUT2D eigenvalue weighted by Gasteiger charge is -2.12. The number of nitrogens with zero attached hydrogens (tertiary/aromatic N) is 1. The van der Waals surface area contributed by atoms with E-state index in [2.05, 4.69) is 5.32 Å². The van der Waals surface area contributed by atoms with Gasteiger partial charge in [-0.2, -0.15) is 5.26 Å². The molecule has 35 heavy (non-hydrogen) atoms. The van der Waals surface area contributed by atoms with Crippen molar-refractivity contribution in [3.05, 3.63) is 89.0 Å². The fourth-order valence-corrected chi connectivity index (χ4v) is 3.40. The highest BCUT2D eigenvalue weighted by atomic mass is 16.5. The lowest BCUT2D eigenvalue weighted by atomic mass is 10.1. The number of benzene rings is 3. The van der Waals surface area contributed by atoms with E-state index in [0.29, 0.717) is 48.1 Å². The highest BCUT2D eigenvalue weighted by Gasteiger charge is 2.11. The average molecular weight is 473 g/mol. The van der Waals surface area contributed by atoms with Gasteiger partial charge in [-0.1, -0.05) is 42.5 Å². The molecule has 1 amide bonds. The molecule has 0 atom stereocenters.